The van der Waals surface area contributed by atoms with Crippen molar-refractivity contribution >= 4 is 0 Å². The van der Waals surface area contributed by atoms with E-state index in [-0.39, 0.29) is 5.54 Å². The molecule has 0 saturated carbocycles. The molecular formula is C14H24N2. The molecule has 0 amide bonds. The van der Waals surface area contributed by atoms with E-state index in [4.69, 9.17) is 5.73 Å². The third-order valence-corrected chi connectivity index (χ3v) is 2.62. The number of rotatable bonds is 4. The van der Waals surface area contributed by atoms with Gasteiger partial charge in [0.25, 0.3) is 0 Å². The highest BCUT2D eigenvalue weighted by Gasteiger charge is 2.14. The van der Waals surface area contributed by atoms with Gasteiger partial charge < -0.3 is 10.6 Å². The number of aryl methyl sites for hydroxylation is 2. The van der Waals surface area contributed by atoms with Gasteiger partial charge in [0.1, 0.15) is 0 Å². The van der Waals surface area contributed by atoms with Gasteiger partial charge in [-0.1, -0.05) is 23.8 Å². The van der Waals surface area contributed by atoms with Gasteiger partial charge in [-0.25, -0.2) is 0 Å². The molecule has 0 unspecified atom stereocenters. The van der Waals surface area contributed by atoms with Gasteiger partial charge in [0.2, 0.25) is 0 Å². The van der Waals surface area contributed by atoms with E-state index in [9.17, 15) is 0 Å². The van der Waals surface area contributed by atoms with Crippen LogP contribution in [0.2, 0.25) is 0 Å². The highest BCUT2D eigenvalue weighted by Crippen LogP contribution is 2.13. The molecule has 0 aliphatic rings. The summed E-state index contributed by atoms with van der Waals surface area (Å²) in [6.07, 6.45) is 0. The maximum absolute atomic E-state index is 6.01. The molecule has 1 aromatic rings. The van der Waals surface area contributed by atoms with Gasteiger partial charge >= 0.3 is 0 Å². The van der Waals surface area contributed by atoms with Crippen LogP contribution in [0.4, 0.5) is 0 Å². The predicted molar refractivity (Wildman–Crippen MR) is 70.5 cm³/mol. The summed E-state index contributed by atoms with van der Waals surface area (Å²) in [7, 11) is 2.12. The first kappa shape index (κ1) is 13.2. The smallest absolute Gasteiger partial charge is 0.0234 e. The summed E-state index contributed by atoms with van der Waals surface area (Å²) < 4.78 is 0. The minimum Gasteiger partial charge on any atom is -0.324 e. The average molecular weight is 220 g/mol. The predicted octanol–water partition coefficient (Wildman–Crippen LogP) is 2.47. The first-order valence-corrected chi connectivity index (χ1v) is 5.81. The summed E-state index contributed by atoms with van der Waals surface area (Å²) in [5.74, 6) is 0. The van der Waals surface area contributed by atoms with Crippen LogP contribution in [0.5, 0.6) is 0 Å². The van der Waals surface area contributed by atoms with E-state index in [1.807, 2.05) is 0 Å². The molecule has 0 bridgehead atoms. The van der Waals surface area contributed by atoms with E-state index >= 15 is 0 Å². The summed E-state index contributed by atoms with van der Waals surface area (Å²) in [4.78, 5) is 2.28. The molecule has 1 rings (SSSR count). The summed E-state index contributed by atoms with van der Waals surface area (Å²) in [6.45, 7) is 10.3. The normalized spacial score (nSPS) is 12.2. The number of hydrogen-bond acceptors (Lipinski definition) is 2. The molecule has 1 aromatic carbocycles. The lowest BCUT2D eigenvalue weighted by Crippen LogP contribution is -2.43. The molecule has 0 fully saturated rings. The molecule has 0 saturated heterocycles. The monoisotopic (exact) mass is 220 g/mol. The molecule has 0 atom stereocenters. The van der Waals surface area contributed by atoms with E-state index in [1.54, 1.807) is 0 Å². The van der Waals surface area contributed by atoms with Crippen LogP contribution in [0, 0.1) is 13.8 Å². The molecule has 90 valence electrons. The van der Waals surface area contributed by atoms with Crippen molar-refractivity contribution in [3.05, 3.63) is 34.9 Å². The topological polar surface area (TPSA) is 29.3 Å². The Kier molecular flexibility index (Phi) is 4.11. The maximum atomic E-state index is 6.01. The molecule has 0 spiro atoms. The van der Waals surface area contributed by atoms with E-state index < -0.39 is 0 Å². The Hall–Kier alpha value is -0.860. The van der Waals surface area contributed by atoms with E-state index in [0.29, 0.717) is 0 Å². The fourth-order valence-corrected chi connectivity index (χ4v) is 2.07. The van der Waals surface area contributed by atoms with Gasteiger partial charge in [-0.3, -0.25) is 0 Å². The zero-order chi connectivity index (χ0) is 12.3. The van der Waals surface area contributed by atoms with Crippen molar-refractivity contribution in [3.63, 3.8) is 0 Å². The molecule has 0 radical (unpaired) electrons. The molecule has 2 N–H and O–H groups in total. The Balaban J connectivity index is 2.66. The van der Waals surface area contributed by atoms with E-state index in [2.05, 4.69) is 57.8 Å². The van der Waals surface area contributed by atoms with E-state index in [1.165, 1.54) is 16.7 Å². The van der Waals surface area contributed by atoms with Crippen LogP contribution in [-0.2, 0) is 6.54 Å². The molecule has 0 aliphatic heterocycles. The minimum atomic E-state index is -0.132. The van der Waals surface area contributed by atoms with Crippen molar-refractivity contribution < 1.29 is 0 Å². The lowest BCUT2D eigenvalue weighted by Gasteiger charge is -2.27. The van der Waals surface area contributed by atoms with Crippen molar-refractivity contribution in [2.24, 2.45) is 5.73 Å². The van der Waals surface area contributed by atoms with Gasteiger partial charge in [0.05, 0.1) is 0 Å². The Labute approximate surface area is 99.5 Å². The van der Waals surface area contributed by atoms with Crippen molar-refractivity contribution in [3.8, 4) is 0 Å². The molecule has 0 aromatic heterocycles. The molecule has 2 heteroatoms. The summed E-state index contributed by atoms with van der Waals surface area (Å²) in [6, 6.07) is 6.62. The molecule has 2 nitrogen and oxygen atoms in total. The van der Waals surface area contributed by atoms with Crippen molar-refractivity contribution in [2.45, 2.75) is 39.8 Å². The third kappa shape index (κ3) is 4.33. The van der Waals surface area contributed by atoms with Crippen LogP contribution in [0.3, 0.4) is 0 Å². The summed E-state index contributed by atoms with van der Waals surface area (Å²) in [5, 5.41) is 0. The Morgan fingerprint density at radius 1 is 1.25 bits per heavy atom. The molecule has 0 aliphatic carbocycles. The van der Waals surface area contributed by atoms with Crippen LogP contribution < -0.4 is 5.73 Å². The zero-order valence-electron chi connectivity index (χ0n) is 11.2. The Bertz CT molecular complexity index is 350. The second-order valence-electron chi connectivity index (χ2n) is 5.59. The second-order valence-corrected chi connectivity index (χ2v) is 5.59. The van der Waals surface area contributed by atoms with Gasteiger partial charge in [0, 0.05) is 18.6 Å². The Morgan fingerprint density at radius 3 is 2.38 bits per heavy atom. The summed E-state index contributed by atoms with van der Waals surface area (Å²) >= 11 is 0. The van der Waals surface area contributed by atoms with Crippen LogP contribution in [0.15, 0.2) is 18.2 Å². The van der Waals surface area contributed by atoms with Crippen molar-refractivity contribution in [1.29, 1.82) is 0 Å². The second kappa shape index (κ2) is 4.98. The van der Waals surface area contributed by atoms with Crippen LogP contribution in [-0.4, -0.2) is 24.0 Å². The quantitative estimate of drug-likeness (QED) is 0.844. The first-order valence-electron chi connectivity index (χ1n) is 5.81. The fourth-order valence-electron chi connectivity index (χ4n) is 2.07. The number of nitrogens with zero attached hydrogens (tertiary/aromatic N) is 1. The van der Waals surface area contributed by atoms with Gasteiger partial charge in [-0.2, -0.15) is 0 Å². The van der Waals surface area contributed by atoms with Crippen LogP contribution >= 0.6 is 0 Å². The number of benzene rings is 1. The molecule has 16 heavy (non-hydrogen) atoms. The Morgan fingerprint density at radius 2 is 1.88 bits per heavy atom. The lowest BCUT2D eigenvalue weighted by atomic mass is 10.0. The van der Waals surface area contributed by atoms with Gasteiger partial charge in [0.15, 0.2) is 0 Å². The molecular weight excluding hydrogens is 196 g/mol. The number of likely N-dealkylation sites (N-methyl/N-ethyl adjacent to an activating group) is 1. The van der Waals surface area contributed by atoms with Gasteiger partial charge in [-0.15, -0.1) is 0 Å². The van der Waals surface area contributed by atoms with Crippen LogP contribution in [0.1, 0.15) is 30.5 Å². The number of hydrogen-bond donors (Lipinski definition) is 1. The third-order valence-electron chi connectivity index (χ3n) is 2.62. The van der Waals surface area contributed by atoms with Crippen molar-refractivity contribution in [2.75, 3.05) is 13.6 Å². The lowest BCUT2D eigenvalue weighted by molar-refractivity contribution is 0.263. The SMILES string of the molecule is Cc1ccc(CN(C)CC(C)(C)N)c(C)c1. The highest BCUT2D eigenvalue weighted by molar-refractivity contribution is 5.30. The van der Waals surface area contributed by atoms with Crippen LogP contribution in [0.25, 0.3) is 0 Å². The number of nitrogens with two attached hydrogens (primary N) is 1. The minimum absolute atomic E-state index is 0.132. The van der Waals surface area contributed by atoms with Gasteiger partial charge in [-0.05, 0) is 45.9 Å². The van der Waals surface area contributed by atoms with E-state index in [0.717, 1.165) is 13.1 Å². The fraction of sp³-hybridized carbons (Fsp3) is 0.571. The average Bonchev–Trinajstić information content (AvgIpc) is 2.06. The largest absolute Gasteiger partial charge is 0.324 e. The summed E-state index contributed by atoms with van der Waals surface area (Å²) in [5.41, 5.74) is 9.95. The first-order chi connectivity index (χ1) is 7.28. The maximum Gasteiger partial charge on any atom is 0.0234 e. The standard InChI is InChI=1S/C14H24N2/c1-11-6-7-13(12(2)8-11)9-16(5)10-14(3,4)15/h6-8H,9-10,15H2,1-5H3. The van der Waals surface area contributed by atoms with Crippen molar-refractivity contribution in [1.82, 2.24) is 4.90 Å². The highest BCUT2D eigenvalue weighted by atomic mass is 15.1. The molecule has 0 heterocycles. The zero-order valence-corrected chi connectivity index (χ0v) is 11.2.